The van der Waals surface area contributed by atoms with Gasteiger partial charge in [-0.05, 0) is 53.8 Å². The second-order valence-electron chi connectivity index (χ2n) is 9.26. The lowest BCUT2D eigenvalue weighted by molar-refractivity contribution is 0.0949. The number of carbonyl (C=O) groups is 2. The number of anilines is 1. The highest BCUT2D eigenvalue weighted by atomic mass is 127. The Labute approximate surface area is 264 Å². The molecule has 0 saturated heterocycles. The van der Waals surface area contributed by atoms with E-state index in [-0.39, 0.29) is 22.6 Å². The highest BCUT2D eigenvalue weighted by molar-refractivity contribution is 14.1. The standard InChI is InChI=1S/C25H20ClF3I2N3O6P/c1-25(10-14-16(26)4-3-5-17(14)27)22-20(30)6-12(7-21(22)34(31)24(36)33(25)2)23(35)32-11-15-18(28)8-13(9-19(15)29)40-41(37,38)39/h3-9H,10-11H2,1-2H3,(H,32,35)(H2,37,38,39). The molecule has 0 aliphatic carbocycles. The van der Waals surface area contributed by atoms with Crippen LogP contribution in [-0.2, 0) is 23.1 Å². The molecule has 0 saturated carbocycles. The smallest absolute Gasteiger partial charge is 0.404 e. The summed E-state index contributed by atoms with van der Waals surface area (Å²) in [5.41, 5.74) is -0.302. The first kappa shape index (κ1) is 31.8. The van der Waals surface area contributed by atoms with E-state index in [2.05, 4.69) is 9.84 Å². The number of amides is 3. The third-order valence-corrected chi connectivity index (χ3v) is 9.21. The molecular weight excluding hydrogens is 816 g/mol. The number of nitrogens with zero attached hydrogens (tertiary/aromatic N) is 2. The summed E-state index contributed by atoms with van der Waals surface area (Å²) >= 11 is 10.1. The minimum absolute atomic E-state index is 0.0417. The zero-order valence-electron chi connectivity index (χ0n) is 21.1. The van der Waals surface area contributed by atoms with Crippen LogP contribution in [0.15, 0.2) is 42.5 Å². The topological polar surface area (TPSA) is 119 Å². The quantitative estimate of drug-likeness (QED) is 0.143. The van der Waals surface area contributed by atoms with Gasteiger partial charge in [-0.1, -0.05) is 17.7 Å². The number of urea groups is 1. The number of phosphoric acid groups is 1. The van der Waals surface area contributed by atoms with E-state index in [0.29, 0.717) is 27.0 Å². The predicted octanol–water partition coefficient (Wildman–Crippen LogP) is 6.44. The van der Waals surface area contributed by atoms with Crippen LogP contribution in [-0.4, -0.2) is 33.7 Å². The molecule has 0 aromatic heterocycles. The van der Waals surface area contributed by atoms with E-state index >= 15 is 0 Å². The number of likely N-dealkylation sites (N-methyl/N-ethyl adjacent to an activating group) is 1. The Morgan fingerprint density at radius 3 is 2.34 bits per heavy atom. The van der Waals surface area contributed by atoms with E-state index in [1.165, 1.54) is 32.3 Å². The van der Waals surface area contributed by atoms with Gasteiger partial charge in [0.25, 0.3) is 5.91 Å². The van der Waals surface area contributed by atoms with Crippen molar-refractivity contribution in [3.8, 4) is 5.75 Å². The summed E-state index contributed by atoms with van der Waals surface area (Å²) in [6.45, 7) is 1.17. The van der Waals surface area contributed by atoms with Gasteiger partial charge in [-0.2, -0.15) is 0 Å². The van der Waals surface area contributed by atoms with Gasteiger partial charge in [-0.3, -0.25) is 14.6 Å². The van der Waals surface area contributed by atoms with Gasteiger partial charge in [0.15, 0.2) is 0 Å². The van der Waals surface area contributed by atoms with Gasteiger partial charge in [-0.25, -0.2) is 25.6 Å². The molecule has 9 nitrogen and oxygen atoms in total. The molecule has 3 aromatic carbocycles. The predicted molar refractivity (Wildman–Crippen MR) is 161 cm³/mol. The molecule has 1 unspecified atom stereocenters. The molecule has 0 spiro atoms. The molecule has 16 heteroatoms. The van der Waals surface area contributed by atoms with Gasteiger partial charge in [-0.15, -0.1) is 0 Å². The van der Waals surface area contributed by atoms with Crippen molar-refractivity contribution < 1.29 is 41.6 Å². The summed E-state index contributed by atoms with van der Waals surface area (Å²) in [6, 6.07) is 8.06. The minimum atomic E-state index is -5.04. The minimum Gasteiger partial charge on any atom is -0.404 e. The highest BCUT2D eigenvalue weighted by Crippen LogP contribution is 2.47. The zero-order chi connectivity index (χ0) is 30.4. The van der Waals surface area contributed by atoms with Crippen molar-refractivity contribution >= 4 is 82.5 Å². The number of benzene rings is 3. The normalized spacial score (nSPS) is 17.0. The Kier molecular flexibility index (Phi) is 9.22. The molecule has 1 heterocycles. The molecule has 1 atom stereocenters. The molecule has 0 fully saturated rings. The average Bonchev–Trinajstić information content (AvgIpc) is 2.86. The fourth-order valence-corrected chi connectivity index (χ4v) is 6.99. The number of halogens is 6. The van der Waals surface area contributed by atoms with Gasteiger partial charge in [0.2, 0.25) is 0 Å². The van der Waals surface area contributed by atoms with Gasteiger partial charge < -0.3 is 14.7 Å². The molecule has 3 amide bonds. The fraction of sp³-hybridized carbons (Fsp3) is 0.200. The van der Waals surface area contributed by atoms with Crippen molar-refractivity contribution in [3.05, 3.63) is 90.8 Å². The molecule has 0 radical (unpaired) electrons. The van der Waals surface area contributed by atoms with Crippen LogP contribution in [0.2, 0.25) is 5.02 Å². The highest BCUT2D eigenvalue weighted by Gasteiger charge is 2.46. The maximum atomic E-state index is 14.7. The average molecular weight is 836 g/mol. The number of hydrogen-bond acceptors (Lipinski definition) is 4. The Morgan fingerprint density at radius 2 is 1.76 bits per heavy atom. The summed E-state index contributed by atoms with van der Waals surface area (Å²) in [7, 11) is -3.45. The number of nitrogens with one attached hydrogen (secondary N) is 1. The van der Waals surface area contributed by atoms with Crippen LogP contribution in [0, 0.1) is 21.0 Å². The van der Waals surface area contributed by atoms with E-state index in [0.717, 1.165) is 0 Å². The second kappa shape index (κ2) is 11.9. The number of hydrogen-bond donors (Lipinski definition) is 3. The summed E-state index contributed by atoms with van der Waals surface area (Å²) in [5, 5.41) is 2.61. The number of fused-ring (bicyclic) bond motifs is 1. The summed E-state index contributed by atoms with van der Waals surface area (Å²) in [6.07, 6.45) is 0.0417. The van der Waals surface area contributed by atoms with Crippen molar-refractivity contribution in [1.29, 1.82) is 0 Å². The maximum absolute atomic E-state index is 14.7. The molecule has 41 heavy (non-hydrogen) atoms. The molecule has 1 aliphatic rings. The van der Waals surface area contributed by atoms with Crippen LogP contribution in [0.1, 0.15) is 34.0 Å². The van der Waals surface area contributed by atoms with Gasteiger partial charge >= 0.3 is 13.9 Å². The van der Waals surface area contributed by atoms with Gasteiger partial charge in [0.1, 0.15) is 23.2 Å². The molecule has 0 bridgehead atoms. The third-order valence-electron chi connectivity index (χ3n) is 6.62. The van der Waals surface area contributed by atoms with E-state index in [1.54, 1.807) is 42.9 Å². The molecule has 4 rings (SSSR count). The van der Waals surface area contributed by atoms with Crippen LogP contribution in [0.3, 0.4) is 0 Å². The zero-order valence-corrected chi connectivity index (χ0v) is 27.1. The summed E-state index contributed by atoms with van der Waals surface area (Å²) in [4.78, 5) is 45.4. The number of phosphoric ester groups is 1. The number of rotatable bonds is 7. The Balaban J connectivity index is 1.66. The first-order valence-electron chi connectivity index (χ1n) is 11.6. The third kappa shape index (κ3) is 6.46. The van der Waals surface area contributed by atoms with Crippen molar-refractivity contribution in [2.75, 3.05) is 10.2 Å². The monoisotopic (exact) mass is 835 g/mol. The molecule has 218 valence electrons. The van der Waals surface area contributed by atoms with Crippen molar-refractivity contribution in [2.24, 2.45) is 0 Å². The van der Waals surface area contributed by atoms with E-state index < -0.39 is 60.6 Å². The Morgan fingerprint density at radius 1 is 1.12 bits per heavy atom. The molecule has 3 aromatic rings. The molecule has 1 aliphatic heterocycles. The van der Waals surface area contributed by atoms with Crippen molar-refractivity contribution in [2.45, 2.75) is 25.4 Å². The van der Waals surface area contributed by atoms with E-state index in [9.17, 15) is 27.3 Å². The van der Waals surface area contributed by atoms with Crippen molar-refractivity contribution in [3.63, 3.8) is 0 Å². The van der Waals surface area contributed by atoms with Crippen LogP contribution >= 0.6 is 64.9 Å². The van der Waals surface area contributed by atoms with Crippen LogP contribution < -0.4 is 13.0 Å². The lowest BCUT2D eigenvalue weighted by atomic mass is 9.81. The Bertz CT molecular complexity index is 1580. The molecule has 3 N–H and O–H groups in total. The Hall–Kier alpha value is -2.11. The lowest BCUT2D eigenvalue weighted by Gasteiger charge is -2.47. The largest absolute Gasteiger partial charge is 0.524 e. The summed E-state index contributed by atoms with van der Waals surface area (Å²) < 4.78 is 60.7. The maximum Gasteiger partial charge on any atom is 0.524 e. The fourth-order valence-electron chi connectivity index (χ4n) is 4.49. The lowest BCUT2D eigenvalue weighted by Crippen LogP contribution is -2.54. The first-order valence-corrected chi connectivity index (χ1v) is 15.5. The van der Waals surface area contributed by atoms with Gasteiger partial charge in [0, 0.05) is 63.0 Å². The van der Waals surface area contributed by atoms with Gasteiger partial charge in [0.05, 0.1) is 34.1 Å². The number of carbonyl (C=O) groups excluding carboxylic acids is 2. The SMILES string of the molecule is CN1C(=O)N(I)c2cc(C(=O)NCc3c(F)cc(OP(=O)(O)O)cc3F)cc(I)c2C1(C)Cc1c(F)cccc1Cl. The van der Waals surface area contributed by atoms with Crippen LogP contribution in [0.4, 0.5) is 23.7 Å². The van der Waals surface area contributed by atoms with E-state index in [1.807, 2.05) is 22.6 Å². The summed E-state index contributed by atoms with van der Waals surface area (Å²) in [5.74, 6) is -4.34. The second-order valence-corrected chi connectivity index (χ2v) is 13.0. The van der Waals surface area contributed by atoms with Crippen LogP contribution in [0.25, 0.3) is 0 Å². The molecular formula is C25H20ClF3I2N3O6P. The van der Waals surface area contributed by atoms with Crippen LogP contribution in [0.5, 0.6) is 5.75 Å². The first-order chi connectivity index (χ1) is 19.0. The van der Waals surface area contributed by atoms with Crippen molar-refractivity contribution in [1.82, 2.24) is 10.2 Å². The van der Waals surface area contributed by atoms with E-state index in [4.69, 9.17) is 21.4 Å².